The van der Waals surface area contributed by atoms with Crippen molar-refractivity contribution in [3.05, 3.63) is 39.8 Å². The molecule has 2 aliphatic rings. The van der Waals surface area contributed by atoms with Crippen LogP contribution in [0, 0.1) is 0 Å². The van der Waals surface area contributed by atoms with E-state index in [0.717, 1.165) is 23.8 Å². The molecule has 0 unspecified atom stereocenters. The number of benzene rings is 1. The van der Waals surface area contributed by atoms with Crippen LogP contribution in [0.4, 0.5) is 0 Å². The van der Waals surface area contributed by atoms with Gasteiger partial charge in [-0.15, -0.1) is 17.0 Å². The van der Waals surface area contributed by atoms with Gasteiger partial charge in [0.1, 0.15) is 0 Å². The highest BCUT2D eigenvalue weighted by Gasteiger charge is 2.26. The highest BCUT2D eigenvalue weighted by Crippen LogP contribution is 2.30. The predicted octanol–water partition coefficient (Wildman–Crippen LogP) is 3.22. The quantitative estimate of drug-likeness (QED) is 0.692. The van der Waals surface area contributed by atoms with Gasteiger partial charge in [0.25, 0.3) is 5.91 Å². The van der Waals surface area contributed by atoms with Gasteiger partial charge < -0.3 is 9.64 Å². The van der Waals surface area contributed by atoms with E-state index < -0.39 is 0 Å². The van der Waals surface area contributed by atoms with Crippen molar-refractivity contribution in [1.29, 1.82) is 0 Å². The van der Waals surface area contributed by atoms with Crippen molar-refractivity contribution >= 4 is 57.5 Å². The zero-order chi connectivity index (χ0) is 13.9. The van der Waals surface area contributed by atoms with Crippen LogP contribution in [0.15, 0.2) is 34.2 Å². The molecular formula is C14H14BrClN2O2S. The van der Waals surface area contributed by atoms with Crippen molar-refractivity contribution in [3.63, 3.8) is 0 Å². The molecule has 0 saturated carbocycles. The first-order valence-corrected chi connectivity index (χ1v) is 7.53. The second-order valence-electron chi connectivity index (χ2n) is 4.46. The van der Waals surface area contributed by atoms with E-state index in [1.54, 1.807) is 0 Å². The molecule has 3 rings (SSSR count). The zero-order valence-electron chi connectivity index (χ0n) is 11.1. The monoisotopic (exact) mass is 388 g/mol. The third kappa shape index (κ3) is 4.10. The molecule has 1 amide bonds. The lowest BCUT2D eigenvalue weighted by Gasteiger charge is -2.27. The number of amidine groups is 1. The molecule has 1 aromatic rings. The fourth-order valence-electron chi connectivity index (χ4n) is 2.00. The first-order valence-electron chi connectivity index (χ1n) is 6.33. The van der Waals surface area contributed by atoms with Crippen molar-refractivity contribution < 1.29 is 9.53 Å². The van der Waals surface area contributed by atoms with Gasteiger partial charge in [-0.1, -0.05) is 23.7 Å². The molecule has 1 fully saturated rings. The van der Waals surface area contributed by atoms with Gasteiger partial charge in [-0.2, -0.15) is 4.99 Å². The van der Waals surface area contributed by atoms with Crippen LogP contribution in [0.3, 0.4) is 0 Å². The van der Waals surface area contributed by atoms with Crippen molar-refractivity contribution in [2.45, 2.75) is 0 Å². The number of amides is 1. The molecule has 0 bridgehead atoms. The van der Waals surface area contributed by atoms with Gasteiger partial charge in [-0.3, -0.25) is 4.79 Å². The summed E-state index contributed by atoms with van der Waals surface area (Å²) in [5.74, 6) is -0.175. The van der Waals surface area contributed by atoms with Crippen LogP contribution in [0.1, 0.15) is 5.56 Å². The number of carbonyl (C=O) groups excluding carboxylic acids is 1. The summed E-state index contributed by atoms with van der Waals surface area (Å²) >= 11 is 7.27. The van der Waals surface area contributed by atoms with Crippen LogP contribution in [-0.2, 0) is 9.53 Å². The first-order chi connectivity index (χ1) is 9.72. The summed E-state index contributed by atoms with van der Waals surface area (Å²) in [5, 5.41) is 1.46. The molecule has 0 atom stereocenters. The van der Waals surface area contributed by atoms with Crippen molar-refractivity contribution in [2.75, 3.05) is 26.3 Å². The fraction of sp³-hybridized carbons (Fsp3) is 0.286. The Labute approximate surface area is 143 Å². The standard InChI is InChI=1S/C14H13ClN2O2S.BrH/c15-11-3-1-10(2-4-11)9-12-13(18)16-14(20-12)17-5-7-19-8-6-17;/h1-4,9H,5-8H2;1H. The number of hydrogen-bond acceptors (Lipinski definition) is 4. The summed E-state index contributed by atoms with van der Waals surface area (Å²) in [6, 6.07) is 7.38. The number of morpholine rings is 1. The number of carbonyl (C=O) groups is 1. The summed E-state index contributed by atoms with van der Waals surface area (Å²) in [4.78, 5) is 18.8. The van der Waals surface area contributed by atoms with Crippen LogP contribution in [0.2, 0.25) is 5.02 Å². The lowest BCUT2D eigenvalue weighted by atomic mass is 10.2. The Morgan fingerprint density at radius 3 is 2.57 bits per heavy atom. The maximum absolute atomic E-state index is 11.9. The van der Waals surface area contributed by atoms with Crippen LogP contribution >= 0.6 is 40.3 Å². The average Bonchev–Trinajstić information content (AvgIpc) is 2.84. The molecular weight excluding hydrogens is 376 g/mol. The van der Waals surface area contributed by atoms with E-state index in [-0.39, 0.29) is 22.9 Å². The summed E-state index contributed by atoms with van der Waals surface area (Å²) in [5.41, 5.74) is 0.948. The molecule has 2 aliphatic heterocycles. The second-order valence-corrected chi connectivity index (χ2v) is 5.91. The van der Waals surface area contributed by atoms with Crippen molar-refractivity contribution in [1.82, 2.24) is 4.90 Å². The van der Waals surface area contributed by atoms with Crippen molar-refractivity contribution in [2.24, 2.45) is 4.99 Å². The second kappa shape index (κ2) is 7.45. The van der Waals surface area contributed by atoms with Gasteiger partial charge in [-0.05, 0) is 35.5 Å². The Morgan fingerprint density at radius 2 is 1.90 bits per heavy atom. The maximum Gasteiger partial charge on any atom is 0.286 e. The van der Waals surface area contributed by atoms with E-state index in [1.165, 1.54) is 11.8 Å². The molecule has 2 heterocycles. The topological polar surface area (TPSA) is 41.9 Å². The van der Waals surface area contributed by atoms with Crippen LogP contribution in [0.5, 0.6) is 0 Å². The molecule has 0 N–H and O–H groups in total. The molecule has 0 radical (unpaired) electrons. The molecule has 1 saturated heterocycles. The highest BCUT2D eigenvalue weighted by molar-refractivity contribution is 8.93. The zero-order valence-corrected chi connectivity index (χ0v) is 14.4. The molecule has 1 aromatic carbocycles. The average molecular weight is 390 g/mol. The van der Waals surface area contributed by atoms with Gasteiger partial charge in [-0.25, -0.2) is 0 Å². The lowest BCUT2D eigenvalue weighted by molar-refractivity contribution is -0.113. The number of halogens is 2. The van der Waals surface area contributed by atoms with Gasteiger partial charge in [0, 0.05) is 18.1 Å². The molecule has 0 aliphatic carbocycles. The van der Waals surface area contributed by atoms with E-state index in [4.69, 9.17) is 16.3 Å². The highest BCUT2D eigenvalue weighted by atomic mass is 79.9. The Balaban J connectivity index is 0.00000161. The maximum atomic E-state index is 11.9. The molecule has 4 nitrogen and oxygen atoms in total. The fourth-order valence-corrected chi connectivity index (χ4v) is 3.09. The van der Waals surface area contributed by atoms with Gasteiger partial charge in [0.05, 0.1) is 18.1 Å². The first kappa shape index (κ1) is 16.5. The molecule has 7 heteroatoms. The smallest absolute Gasteiger partial charge is 0.286 e. The lowest BCUT2D eigenvalue weighted by Crippen LogP contribution is -2.38. The molecule has 0 spiro atoms. The van der Waals surface area contributed by atoms with Crippen LogP contribution in [0.25, 0.3) is 6.08 Å². The Hall–Kier alpha value is -0.820. The summed E-state index contributed by atoms with van der Waals surface area (Å²) in [6.45, 7) is 2.94. The normalized spacial score (nSPS) is 20.4. The number of nitrogens with zero attached hydrogens (tertiary/aromatic N) is 2. The summed E-state index contributed by atoms with van der Waals surface area (Å²) < 4.78 is 5.30. The molecule has 21 heavy (non-hydrogen) atoms. The summed E-state index contributed by atoms with van der Waals surface area (Å²) in [7, 11) is 0. The predicted molar refractivity (Wildman–Crippen MR) is 92.2 cm³/mol. The molecule has 112 valence electrons. The Morgan fingerprint density at radius 1 is 1.24 bits per heavy atom. The van der Waals surface area contributed by atoms with E-state index in [9.17, 15) is 4.79 Å². The number of hydrogen-bond donors (Lipinski definition) is 0. The van der Waals surface area contributed by atoms with E-state index in [0.29, 0.717) is 23.1 Å². The number of aliphatic imine (C=N–C) groups is 1. The number of thioether (sulfide) groups is 1. The van der Waals surface area contributed by atoms with E-state index in [2.05, 4.69) is 9.89 Å². The third-order valence-electron chi connectivity index (χ3n) is 3.06. The van der Waals surface area contributed by atoms with Crippen LogP contribution in [-0.4, -0.2) is 42.3 Å². The molecule has 0 aromatic heterocycles. The Bertz CT molecular complexity index is 583. The number of ether oxygens (including phenoxy) is 1. The van der Waals surface area contributed by atoms with Gasteiger partial charge in [0.2, 0.25) is 0 Å². The van der Waals surface area contributed by atoms with Crippen molar-refractivity contribution in [3.8, 4) is 0 Å². The van der Waals surface area contributed by atoms with E-state index >= 15 is 0 Å². The van der Waals surface area contributed by atoms with E-state index in [1.807, 2.05) is 30.3 Å². The minimum atomic E-state index is -0.175. The number of rotatable bonds is 1. The minimum Gasteiger partial charge on any atom is -0.378 e. The third-order valence-corrected chi connectivity index (χ3v) is 4.36. The SMILES string of the molecule is Br.O=C1N=C(N2CCOCC2)SC1=Cc1ccc(Cl)cc1. The van der Waals surface area contributed by atoms with Crippen LogP contribution < -0.4 is 0 Å². The summed E-state index contributed by atoms with van der Waals surface area (Å²) in [6.07, 6.45) is 1.85. The van der Waals surface area contributed by atoms with Gasteiger partial charge in [0.15, 0.2) is 5.17 Å². The largest absolute Gasteiger partial charge is 0.378 e. The minimum absolute atomic E-state index is 0. The van der Waals surface area contributed by atoms with Gasteiger partial charge >= 0.3 is 0 Å². The Kier molecular flexibility index (Phi) is 5.87.